The number of hydrogen-bond acceptors (Lipinski definition) is 4. The highest BCUT2D eigenvalue weighted by Gasteiger charge is 2.35. The third-order valence-corrected chi connectivity index (χ3v) is 6.21. The maximum atomic E-state index is 13.6. The monoisotopic (exact) mass is 473 g/mol. The van der Waals surface area contributed by atoms with Crippen molar-refractivity contribution in [2.75, 3.05) is 6.54 Å². The number of aryl methyl sites for hydroxylation is 2. The molecule has 1 aliphatic carbocycles. The molecule has 1 aromatic rings. The summed E-state index contributed by atoms with van der Waals surface area (Å²) >= 11 is 0. The van der Waals surface area contributed by atoms with Crippen LogP contribution in [0.1, 0.15) is 95.9 Å². The van der Waals surface area contributed by atoms with Crippen LogP contribution in [0.3, 0.4) is 0 Å². The Labute approximate surface area is 205 Å². The zero-order valence-corrected chi connectivity index (χ0v) is 22.0. The predicted molar refractivity (Wildman–Crippen MR) is 135 cm³/mol. The molecular formula is C27H43N3O4. The third kappa shape index (κ3) is 8.03. The van der Waals surface area contributed by atoms with Crippen LogP contribution in [0.4, 0.5) is 4.79 Å². The van der Waals surface area contributed by atoms with E-state index in [1.807, 2.05) is 39.0 Å². The predicted octanol–water partition coefficient (Wildman–Crippen LogP) is 4.95. The standard InChI is InChI=1S/C27H43N3O4/c1-8-16-30(25(32)20(4)28-26(33)34-27(5,6)7)23(21-15-14-18(2)19(3)17-21)24(31)29-22-12-10-9-11-13-22/h14-15,17,20,22-23H,8-13,16H2,1-7H3,(H,28,33)(H,29,31). The topological polar surface area (TPSA) is 87.7 Å². The lowest BCUT2D eigenvalue weighted by molar-refractivity contribution is -0.142. The molecule has 0 heterocycles. The number of hydrogen-bond donors (Lipinski definition) is 2. The van der Waals surface area contributed by atoms with Gasteiger partial charge in [-0.3, -0.25) is 9.59 Å². The Morgan fingerprint density at radius 1 is 1.09 bits per heavy atom. The Kier molecular flexibility index (Phi) is 9.95. The van der Waals surface area contributed by atoms with Crippen molar-refractivity contribution in [3.8, 4) is 0 Å². The van der Waals surface area contributed by atoms with E-state index < -0.39 is 23.8 Å². The fourth-order valence-electron chi connectivity index (χ4n) is 4.34. The Bertz CT molecular complexity index is 856. The zero-order valence-electron chi connectivity index (χ0n) is 22.0. The quantitative estimate of drug-likeness (QED) is 0.559. The third-order valence-electron chi connectivity index (χ3n) is 6.21. The van der Waals surface area contributed by atoms with E-state index in [0.717, 1.165) is 42.4 Å². The van der Waals surface area contributed by atoms with Crippen molar-refractivity contribution in [2.24, 2.45) is 0 Å². The molecule has 0 spiro atoms. The Balaban J connectivity index is 2.34. The van der Waals surface area contributed by atoms with E-state index >= 15 is 0 Å². The first-order valence-corrected chi connectivity index (χ1v) is 12.6. The van der Waals surface area contributed by atoms with E-state index in [4.69, 9.17) is 4.74 Å². The number of amides is 3. The molecule has 1 aromatic carbocycles. The van der Waals surface area contributed by atoms with Crippen LogP contribution in [0, 0.1) is 13.8 Å². The summed E-state index contributed by atoms with van der Waals surface area (Å²) in [4.78, 5) is 41.1. The van der Waals surface area contributed by atoms with Crippen LogP contribution in [0.15, 0.2) is 18.2 Å². The summed E-state index contributed by atoms with van der Waals surface area (Å²) in [6.45, 7) is 13.4. The summed E-state index contributed by atoms with van der Waals surface area (Å²) < 4.78 is 5.32. The molecular weight excluding hydrogens is 430 g/mol. The molecule has 1 saturated carbocycles. The average Bonchev–Trinajstić information content (AvgIpc) is 2.74. The van der Waals surface area contributed by atoms with Crippen LogP contribution in [0.2, 0.25) is 0 Å². The molecule has 0 aromatic heterocycles. The normalized spacial score (nSPS) is 16.3. The number of carbonyl (C=O) groups excluding carboxylic acids is 3. The molecule has 0 saturated heterocycles. The largest absolute Gasteiger partial charge is 0.444 e. The van der Waals surface area contributed by atoms with Gasteiger partial charge < -0.3 is 20.3 Å². The second-order valence-electron chi connectivity index (χ2n) is 10.5. The molecule has 0 bridgehead atoms. The molecule has 7 nitrogen and oxygen atoms in total. The highest BCUT2D eigenvalue weighted by atomic mass is 16.6. The van der Waals surface area contributed by atoms with E-state index in [9.17, 15) is 14.4 Å². The molecule has 1 aliphatic rings. The first kappa shape index (κ1) is 27.7. The molecule has 0 radical (unpaired) electrons. The number of rotatable bonds is 8. The molecule has 2 N–H and O–H groups in total. The summed E-state index contributed by atoms with van der Waals surface area (Å²) in [7, 11) is 0. The molecule has 34 heavy (non-hydrogen) atoms. The van der Waals surface area contributed by atoms with E-state index in [-0.39, 0.29) is 17.9 Å². The van der Waals surface area contributed by atoms with E-state index in [0.29, 0.717) is 13.0 Å². The lowest BCUT2D eigenvalue weighted by atomic mass is 9.94. The molecule has 0 aliphatic heterocycles. The number of alkyl carbamates (subject to hydrolysis) is 1. The van der Waals surface area contributed by atoms with E-state index in [2.05, 4.69) is 10.6 Å². The second kappa shape index (κ2) is 12.2. The van der Waals surface area contributed by atoms with Crippen LogP contribution in [0.25, 0.3) is 0 Å². The van der Waals surface area contributed by atoms with Crippen LogP contribution in [-0.4, -0.2) is 47.0 Å². The lowest BCUT2D eigenvalue weighted by Gasteiger charge is -2.35. The lowest BCUT2D eigenvalue weighted by Crippen LogP contribution is -2.53. The minimum Gasteiger partial charge on any atom is -0.444 e. The smallest absolute Gasteiger partial charge is 0.408 e. The molecule has 2 atom stereocenters. The van der Waals surface area contributed by atoms with Crippen LogP contribution in [-0.2, 0) is 14.3 Å². The number of benzene rings is 1. The van der Waals surface area contributed by atoms with Gasteiger partial charge in [0, 0.05) is 12.6 Å². The van der Waals surface area contributed by atoms with Crippen molar-refractivity contribution < 1.29 is 19.1 Å². The van der Waals surface area contributed by atoms with Gasteiger partial charge >= 0.3 is 6.09 Å². The van der Waals surface area contributed by atoms with Gasteiger partial charge in [-0.15, -0.1) is 0 Å². The molecule has 3 amide bonds. The van der Waals surface area contributed by atoms with E-state index in [1.165, 1.54) is 6.42 Å². The molecule has 2 unspecified atom stereocenters. The van der Waals surface area contributed by atoms with Crippen molar-refractivity contribution in [3.63, 3.8) is 0 Å². The fraction of sp³-hybridized carbons (Fsp3) is 0.667. The summed E-state index contributed by atoms with van der Waals surface area (Å²) in [5.74, 6) is -0.476. The Morgan fingerprint density at radius 2 is 1.74 bits per heavy atom. The number of carbonyl (C=O) groups is 3. The van der Waals surface area contributed by atoms with Crippen molar-refractivity contribution in [3.05, 3.63) is 34.9 Å². The minimum atomic E-state index is -0.835. The van der Waals surface area contributed by atoms with Crippen molar-refractivity contribution >= 4 is 17.9 Å². The van der Waals surface area contributed by atoms with Crippen LogP contribution >= 0.6 is 0 Å². The molecule has 1 fully saturated rings. The van der Waals surface area contributed by atoms with Crippen LogP contribution in [0.5, 0.6) is 0 Å². The second-order valence-corrected chi connectivity index (χ2v) is 10.5. The van der Waals surface area contributed by atoms with Gasteiger partial charge in [-0.1, -0.05) is 44.4 Å². The summed E-state index contributed by atoms with van der Waals surface area (Å²) in [6.07, 6.45) is 5.36. The van der Waals surface area contributed by atoms with Crippen LogP contribution < -0.4 is 10.6 Å². The van der Waals surface area contributed by atoms with Gasteiger partial charge in [0.2, 0.25) is 11.8 Å². The van der Waals surface area contributed by atoms with Gasteiger partial charge in [0.05, 0.1) is 0 Å². The van der Waals surface area contributed by atoms with E-state index in [1.54, 1.807) is 32.6 Å². The van der Waals surface area contributed by atoms with Gasteiger partial charge in [-0.25, -0.2) is 4.79 Å². The highest BCUT2D eigenvalue weighted by Crippen LogP contribution is 2.26. The van der Waals surface area contributed by atoms with Gasteiger partial charge in [0.15, 0.2) is 0 Å². The molecule has 2 rings (SSSR count). The number of ether oxygens (including phenoxy) is 1. The average molecular weight is 474 g/mol. The SMILES string of the molecule is CCCN(C(=O)C(C)NC(=O)OC(C)(C)C)C(C(=O)NC1CCCCC1)c1ccc(C)c(C)c1. The first-order chi connectivity index (χ1) is 15.9. The summed E-state index contributed by atoms with van der Waals surface area (Å²) in [6, 6.07) is 4.43. The minimum absolute atomic E-state index is 0.131. The fourth-order valence-corrected chi connectivity index (χ4v) is 4.34. The van der Waals surface area contributed by atoms with Gasteiger partial charge in [-0.05, 0) is 77.5 Å². The summed E-state index contributed by atoms with van der Waals surface area (Å²) in [5, 5.41) is 5.85. The molecule has 7 heteroatoms. The van der Waals surface area contributed by atoms with Crippen molar-refractivity contribution in [1.29, 1.82) is 0 Å². The van der Waals surface area contributed by atoms with Crippen molar-refractivity contribution in [2.45, 2.75) is 111 Å². The Hall–Kier alpha value is -2.57. The Morgan fingerprint density at radius 3 is 2.29 bits per heavy atom. The summed E-state index contributed by atoms with van der Waals surface area (Å²) in [5.41, 5.74) is 2.31. The maximum Gasteiger partial charge on any atom is 0.408 e. The zero-order chi connectivity index (χ0) is 25.5. The number of nitrogens with one attached hydrogen (secondary N) is 2. The number of nitrogens with zero attached hydrogens (tertiary/aromatic N) is 1. The van der Waals surface area contributed by atoms with Gasteiger partial charge in [-0.2, -0.15) is 0 Å². The first-order valence-electron chi connectivity index (χ1n) is 12.6. The van der Waals surface area contributed by atoms with Gasteiger partial charge in [0.1, 0.15) is 17.7 Å². The van der Waals surface area contributed by atoms with Gasteiger partial charge in [0.25, 0.3) is 0 Å². The molecule has 190 valence electrons. The highest BCUT2D eigenvalue weighted by molar-refractivity contribution is 5.92. The van der Waals surface area contributed by atoms with Crippen molar-refractivity contribution in [1.82, 2.24) is 15.5 Å². The maximum absolute atomic E-state index is 13.6.